The van der Waals surface area contributed by atoms with Gasteiger partial charge >= 0.3 is 0 Å². The first-order valence-corrected chi connectivity index (χ1v) is 8.77. The van der Waals surface area contributed by atoms with E-state index in [0.717, 1.165) is 24.0 Å². The minimum absolute atomic E-state index is 0.181. The lowest BCUT2D eigenvalue weighted by atomic mass is 9.89. The first-order chi connectivity index (χ1) is 12.5. The highest BCUT2D eigenvalue weighted by atomic mass is 16.2. The summed E-state index contributed by atoms with van der Waals surface area (Å²) in [5, 5.41) is 0. The molecule has 0 N–H and O–H groups in total. The van der Waals surface area contributed by atoms with Gasteiger partial charge in [0.1, 0.15) is 0 Å². The third-order valence-corrected chi connectivity index (χ3v) is 5.52. The van der Waals surface area contributed by atoms with E-state index in [2.05, 4.69) is 19.1 Å². The average Bonchev–Trinajstić information content (AvgIpc) is 2.88. The third-order valence-electron chi connectivity index (χ3n) is 5.52. The molecule has 0 saturated carbocycles. The molecule has 2 aliphatic heterocycles. The maximum Gasteiger partial charge on any atom is 0.261 e. The van der Waals surface area contributed by atoms with Gasteiger partial charge in [0.25, 0.3) is 11.8 Å². The molecule has 1 unspecified atom stereocenters. The van der Waals surface area contributed by atoms with Crippen LogP contribution in [0.1, 0.15) is 49.0 Å². The van der Waals surface area contributed by atoms with Crippen molar-refractivity contribution in [2.45, 2.75) is 26.3 Å². The van der Waals surface area contributed by atoms with Gasteiger partial charge in [-0.3, -0.25) is 19.3 Å². The molecule has 0 aliphatic carbocycles. The molecule has 5 heteroatoms. The van der Waals surface area contributed by atoms with E-state index in [9.17, 15) is 14.4 Å². The van der Waals surface area contributed by atoms with Gasteiger partial charge in [0.05, 0.1) is 23.7 Å². The number of imide groups is 1. The summed E-state index contributed by atoms with van der Waals surface area (Å²) in [6.07, 6.45) is 1.61. The first-order valence-electron chi connectivity index (χ1n) is 8.77. The molecule has 1 atom stereocenters. The Hall–Kier alpha value is -2.95. The Morgan fingerprint density at radius 2 is 1.65 bits per heavy atom. The van der Waals surface area contributed by atoms with Gasteiger partial charge in [-0.2, -0.15) is 0 Å². The Kier molecular flexibility index (Phi) is 3.87. The molecule has 0 radical (unpaired) electrons. The van der Waals surface area contributed by atoms with Crippen LogP contribution in [0.3, 0.4) is 0 Å². The molecule has 2 heterocycles. The lowest BCUT2D eigenvalue weighted by molar-refractivity contribution is -0.121. The molecule has 0 spiro atoms. The minimum atomic E-state index is -0.308. The SMILES string of the molecule is Cc1cc2c(cc1C)C(CN1C(=O)c3ccccc3C1=O)N(C=O)CC2. The number of nitrogens with zero attached hydrogens (tertiary/aromatic N) is 2. The molecule has 3 amide bonds. The molecule has 2 aliphatic rings. The second-order valence-electron chi connectivity index (χ2n) is 7.01. The number of carbonyl (C=O) groups is 3. The van der Waals surface area contributed by atoms with Crippen LogP contribution in [0, 0.1) is 13.8 Å². The number of hydrogen-bond acceptors (Lipinski definition) is 3. The summed E-state index contributed by atoms with van der Waals surface area (Å²) in [5.41, 5.74) is 5.44. The van der Waals surface area contributed by atoms with Crippen LogP contribution >= 0.6 is 0 Å². The van der Waals surface area contributed by atoms with Gasteiger partial charge in [-0.25, -0.2) is 0 Å². The van der Waals surface area contributed by atoms with Gasteiger partial charge in [0.2, 0.25) is 6.41 Å². The zero-order valence-electron chi connectivity index (χ0n) is 14.9. The summed E-state index contributed by atoms with van der Waals surface area (Å²) in [6.45, 7) is 4.88. The highest BCUT2D eigenvalue weighted by molar-refractivity contribution is 6.21. The molecule has 4 rings (SSSR count). The van der Waals surface area contributed by atoms with Gasteiger partial charge in [-0.15, -0.1) is 0 Å². The quantitative estimate of drug-likeness (QED) is 0.633. The van der Waals surface area contributed by atoms with E-state index in [0.29, 0.717) is 17.7 Å². The fraction of sp³-hybridized carbons (Fsp3) is 0.286. The highest BCUT2D eigenvalue weighted by Gasteiger charge is 2.39. The maximum atomic E-state index is 12.7. The molecular formula is C21H20N2O3. The van der Waals surface area contributed by atoms with Crippen molar-refractivity contribution in [2.75, 3.05) is 13.1 Å². The molecule has 0 fully saturated rings. The average molecular weight is 348 g/mol. The Labute approximate surface area is 152 Å². The number of fused-ring (bicyclic) bond motifs is 2. The normalized spacial score (nSPS) is 18.8. The molecule has 0 aromatic heterocycles. The minimum Gasteiger partial charge on any atom is -0.336 e. The van der Waals surface area contributed by atoms with Crippen LogP contribution < -0.4 is 0 Å². The number of aryl methyl sites for hydroxylation is 2. The van der Waals surface area contributed by atoms with Crippen LogP contribution in [0.5, 0.6) is 0 Å². The van der Waals surface area contributed by atoms with E-state index in [-0.39, 0.29) is 24.4 Å². The van der Waals surface area contributed by atoms with E-state index in [1.54, 1.807) is 29.2 Å². The smallest absolute Gasteiger partial charge is 0.261 e. The Morgan fingerprint density at radius 1 is 1.04 bits per heavy atom. The monoisotopic (exact) mass is 348 g/mol. The molecule has 2 aromatic carbocycles. The van der Waals surface area contributed by atoms with Crippen molar-refractivity contribution in [3.05, 3.63) is 69.8 Å². The van der Waals surface area contributed by atoms with Crippen LogP contribution in [0.2, 0.25) is 0 Å². The summed E-state index contributed by atoms with van der Waals surface area (Å²) in [6, 6.07) is 10.8. The number of carbonyl (C=O) groups excluding carboxylic acids is 3. The molecule has 0 saturated heterocycles. The van der Waals surface area contributed by atoms with E-state index in [1.807, 2.05) is 6.92 Å². The third kappa shape index (κ3) is 2.43. The molecule has 0 bridgehead atoms. The summed E-state index contributed by atoms with van der Waals surface area (Å²) >= 11 is 0. The zero-order chi connectivity index (χ0) is 18.4. The summed E-state index contributed by atoms with van der Waals surface area (Å²) in [4.78, 5) is 40.0. The van der Waals surface area contributed by atoms with Gasteiger partial charge in [-0.05, 0) is 54.7 Å². The molecular weight excluding hydrogens is 328 g/mol. The Bertz CT molecular complexity index is 900. The first kappa shape index (κ1) is 16.5. The molecule has 26 heavy (non-hydrogen) atoms. The number of benzene rings is 2. The molecule has 5 nitrogen and oxygen atoms in total. The van der Waals surface area contributed by atoms with Gasteiger partial charge in [0.15, 0.2) is 0 Å². The van der Waals surface area contributed by atoms with Crippen LogP contribution in [0.15, 0.2) is 36.4 Å². The Morgan fingerprint density at radius 3 is 2.27 bits per heavy atom. The van der Waals surface area contributed by atoms with Crippen molar-refractivity contribution >= 4 is 18.2 Å². The predicted octanol–water partition coefficient (Wildman–Crippen LogP) is 2.66. The second kappa shape index (κ2) is 6.09. The van der Waals surface area contributed by atoms with Gasteiger partial charge in [0, 0.05) is 6.54 Å². The fourth-order valence-electron chi connectivity index (χ4n) is 3.92. The van der Waals surface area contributed by atoms with Crippen LogP contribution in [-0.4, -0.2) is 41.1 Å². The topological polar surface area (TPSA) is 57.7 Å². The van der Waals surface area contributed by atoms with Crippen LogP contribution in [-0.2, 0) is 11.2 Å². The standard InChI is InChI=1S/C21H20N2O3/c1-13-9-15-7-8-22(12-24)19(18(15)10-14(13)2)11-23-20(25)16-5-3-4-6-17(16)21(23)26/h3-6,9-10,12,19H,7-8,11H2,1-2H3. The predicted molar refractivity (Wildman–Crippen MR) is 96.9 cm³/mol. The van der Waals surface area contributed by atoms with Crippen molar-refractivity contribution in [3.63, 3.8) is 0 Å². The maximum absolute atomic E-state index is 12.7. The van der Waals surface area contributed by atoms with E-state index in [1.165, 1.54) is 16.0 Å². The Balaban J connectivity index is 1.72. The fourth-order valence-corrected chi connectivity index (χ4v) is 3.92. The van der Waals surface area contributed by atoms with Crippen LogP contribution in [0.4, 0.5) is 0 Å². The molecule has 132 valence electrons. The summed E-state index contributed by atoms with van der Waals surface area (Å²) in [5.74, 6) is -0.570. The molecule has 2 aromatic rings. The van der Waals surface area contributed by atoms with Crippen molar-refractivity contribution in [2.24, 2.45) is 0 Å². The van der Waals surface area contributed by atoms with Crippen LogP contribution in [0.25, 0.3) is 0 Å². The van der Waals surface area contributed by atoms with Crippen molar-refractivity contribution in [1.82, 2.24) is 9.80 Å². The van der Waals surface area contributed by atoms with E-state index in [4.69, 9.17) is 0 Å². The summed E-state index contributed by atoms with van der Waals surface area (Å²) < 4.78 is 0. The second-order valence-corrected chi connectivity index (χ2v) is 7.01. The number of amides is 3. The summed E-state index contributed by atoms with van der Waals surface area (Å²) in [7, 11) is 0. The number of hydrogen-bond donors (Lipinski definition) is 0. The largest absolute Gasteiger partial charge is 0.336 e. The number of rotatable bonds is 3. The lowest BCUT2D eigenvalue weighted by Gasteiger charge is -2.37. The van der Waals surface area contributed by atoms with E-state index < -0.39 is 0 Å². The lowest BCUT2D eigenvalue weighted by Crippen LogP contribution is -2.43. The van der Waals surface area contributed by atoms with E-state index >= 15 is 0 Å². The van der Waals surface area contributed by atoms with Crippen molar-refractivity contribution in [1.29, 1.82) is 0 Å². The van der Waals surface area contributed by atoms with Gasteiger partial charge < -0.3 is 4.90 Å². The highest BCUT2D eigenvalue weighted by Crippen LogP contribution is 2.33. The van der Waals surface area contributed by atoms with Crippen molar-refractivity contribution in [3.8, 4) is 0 Å². The van der Waals surface area contributed by atoms with Gasteiger partial charge in [-0.1, -0.05) is 24.3 Å². The zero-order valence-corrected chi connectivity index (χ0v) is 14.9. The van der Waals surface area contributed by atoms with Crippen molar-refractivity contribution < 1.29 is 14.4 Å².